The Hall–Kier alpha value is -3.12. The number of carbonyl (C=O) groups is 2. The maximum Gasteiger partial charge on any atom is 0.333 e. The van der Waals surface area contributed by atoms with E-state index in [1.807, 2.05) is 60.7 Å². The highest BCUT2D eigenvalue weighted by Crippen LogP contribution is 2.13. The van der Waals surface area contributed by atoms with Gasteiger partial charge in [0.05, 0.1) is 26.1 Å². The fraction of sp³-hybridized carbons (Fsp3) is 0.273. The zero-order valence-corrected chi connectivity index (χ0v) is 16.1. The molecule has 2 aromatic rings. The Balaban J connectivity index is 2.18. The van der Waals surface area contributed by atoms with Crippen molar-refractivity contribution < 1.29 is 23.8 Å². The van der Waals surface area contributed by atoms with Crippen molar-refractivity contribution in [2.75, 3.05) is 20.8 Å². The molecule has 0 radical (unpaired) electrons. The van der Waals surface area contributed by atoms with Crippen molar-refractivity contribution in [1.29, 1.82) is 0 Å². The minimum atomic E-state index is -0.877. The van der Waals surface area contributed by atoms with Crippen molar-refractivity contribution in [3.63, 3.8) is 0 Å². The van der Waals surface area contributed by atoms with E-state index in [9.17, 15) is 9.59 Å². The maximum atomic E-state index is 13.2. The summed E-state index contributed by atoms with van der Waals surface area (Å²) in [6.07, 6.45) is 1.41. The average Bonchev–Trinajstić information content (AvgIpc) is 2.73. The van der Waals surface area contributed by atoms with Crippen molar-refractivity contribution >= 4 is 11.9 Å². The van der Waals surface area contributed by atoms with E-state index in [0.717, 1.165) is 23.5 Å². The first kappa shape index (κ1) is 21.2. The molecule has 148 valence electrons. The van der Waals surface area contributed by atoms with Crippen molar-refractivity contribution in [3.05, 3.63) is 84.1 Å². The second-order valence-electron chi connectivity index (χ2n) is 6.07. The van der Waals surface area contributed by atoms with E-state index in [1.54, 1.807) is 4.90 Å². The summed E-state index contributed by atoms with van der Waals surface area (Å²) in [5, 5.41) is 0. The normalized spacial score (nSPS) is 11.8. The first-order valence-corrected chi connectivity index (χ1v) is 8.89. The molecule has 0 saturated carbocycles. The third-order valence-corrected chi connectivity index (χ3v) is 3.99. The molecule has 2 aromatic carbocycles. The van der Waals surface area contributed by atoms with Gasteiger partial charge in [0, 0.05) is 20.2 Å². The van der Waals surface area contributed by atoms with Gasteiger partial charge in [-0.05, 0) is 11.1 Å². The molecular formula is C22H25NO5. The molecule has 0 saturated heterocycles. The van der Waals surface area contributed by atoms with Gasteiger partial charge in [-0.2, -0.15) is 0 Å². The molecule has 2 rings (SSSR count). The average molecular weight is 383 g/mol. The van der Waals surface area contributed by atoms with Gasteiger partial charge in [-0.25, -0.2) is 4.79 Å². The number of rotatable bonds is 10. The zero-order chi connectivity index (χ0) is 20.2. The van der Waals surface area contributed by atoms with Crippen LogP contribution >= 0.6 is 0 Å². The highest BCUT2D eigenvalue weighted by molar-refractivity contribution is 5.82. The van der Waals surface area contributed by atoms with Crippen LogP contribution in [0.3, 0.4) is 0 Å². The van der Waals surface area contributed by atoms with E-state index in [2.05, 4.69) is 4.74 Å². The number of benzene rings is 2. The summed E-state index contributed by atoms with van der Waals surface area (Å²) in [4.78, 5) is 26.1. The number of hydrogen-bond donors (Lipinski definition) is 0. The van der Waals surface area contributed by atoms with Gasteiger partial charge < -0.3 is 19.1 Å². The lowest BCUT2D eigenvalue weighted by molar-refractivity contribution is -0.145. The second-order valence-corrected chi connectivity index (χ2v) is 6.07. The monoisotopic (exact) mass is 383 g/mol. The third kappa shape index (κ3) is 6.89. The minimum Gasteiger partial charge on any atom is -0.485 e. The quantitative estimate of drug-likeness (QED) is 0.359. The molecule has 0 bridgehead atoms. The van der Waals surface area contributed by atoms with Crippen LogP contribution in [0.5, 0.6) is 0 Å². The summed E-state index contributed by atoms with van der Waals surface area (Å²) in [5.74, 6) is -0.793. The smallest absolute Gasteiger partial charge is 0.333 e. The van der Waals surface area contributed by atoms with Crippen molar-refractivity contribution in [1.82, 2.24) is 4.90 Å². The van der Waals surface area contributed by atoms with Gasteiger partial charge in [0.25, 0.3) is 5.91 Å². The Labute approximate surface area is 165 Å². The summed E-state index contributed by atoms with van der Waals surface area (Å²) >= 11 is 0. The number of nitrogens with zero attached hydrogens (tertiary/aromatic N) is 1. The third-order valence-electron chi connectivity index (χ3n) is 3.99. The summed E-state index contributed by atoms with van der Waals surface area (Å²) in [7, 11) is 2.76. The summed E-state index contributed by atoms with van der Waals surface area (Å²) < 4.78 is 15.1. The van der Waals surface area contributed by atoms with Gasteiger partial charge in [0.1, 0.15) is 0 Å². The maximum absolute atomic E-state index is 13.2. The predicted molar refractivity (Wildman–Crippen MR) is 105 cm³/mol. The fourth-order valence-corrected chi connectivity index (χ4v) is 2.60. The molecule has 0 aliphatic heterocycles. The standard InChI is InChI=1S/C22H25NO5/c1-26-17-20(28-14-13-21(24)27-2)22(25)23(15-18-9-5-3-6-10-18)16-19-11-7-4-8-12-19/h3-14,20H,15-17H2,1-2H3/t20-/m0/s1. The van der Waals surface area contributed by atoms with E-state index in [4.69, 9.17) is 9.47 Å². The first-order chi connectivity index (χ1) is 13.6. The van der Waals surface area contributed by atoms with Gasteiger partial charge in [-0.3, -0.25) is 4.79 Å². The molecule has 6 heteroatoms. The van der Waals surface area contributed by atoms with E-state index in [-0.39, 0.29) is 12.5 Å². The number of esters is 1. The molecule has 0 heterocycles. The number of carbonyl (C=O) groups excluding carboxylic acids is 2. The SMILES string of the molecule is COC[C@H](OC=CC(=O)OC)C(=O)N(Cc1ccccc1)Cc1ccccc1. The topological polar surface area (TPSA) is 65.1 Å². The largest absolute Gasteiger partial charge is 0.485 e. The predicted octanol–water partition coefficient (Wildman–Crippen LogP) is 2.93. The van der Waals surface area contributed by atoms with E-state index < -0.39 is 12.1 Å². The Morgan fingerprint density at radius 1 is 0.929 bits per heavy atom. The number of methoxy groups -OCH3 is 2. The zero-order valence-electron chi connectivity index (χ0n) is 16.1. The molecule has 1 amide bonds. The van der Waals surface area contributed by atoms with Gasteiger partial charge in [-0.15, -0.1) is 0 Å². The van der Waals surface area contributed by atoms with E-state index >= 15 is 0 Å². The lowest BCUT2D eigenvalue weighted by Gasteiger charge is -2.27. The lowest BCUT2D eigenvalue weighted by Crippen LogP contribution is -2.41. The summed E-state index contributed by atoms with van der Waals surface area (Å²) in [6, 6.07) is 19.5. The lowest BCUT2D eigenvalue weighted by atomic mass is 10.1. The van der Waals surface area contributed by atoms with Crippen LogP contribution in [-0.4, -0.2) is 43.7 Å². The van der Waals surface area contributed by atoms with Crippen LogP contribution in [-0.2, 0) is 36.9 Å². The van der Waals surface area contributed by atoms with Crippen LogP contribution in [0, 0.1) is 0 Å². The molecule has 0 N–H and O–H groups in total. The van der Waals surface area contributed by atoms with Gasteiger partial charge >= 0.3 is 5.97 Å². The first-order valence-electron chi connectivity index (χ1n) is 8.89. The molecule has 0 unspecified atom stereocenters. The summed E-state index contributed by atoms with van der Waals surface area (Å²) in [6.45, 7) is 0.919. The molecule has 1 atom stereocenters. The van der Waals surface area contributed by atoms with Crippen LogP contribution in [0.25, 0.3) is 0 Å². The highest BCUT2D eigenvalue weighted by Gasteiger charge is 2.25. The number of ether oxygens (including phenoxy) is 3. The fourth-order valence-electron chi connectivity index (χ4n) is 2.60. The Bertz CT molecular complexity index is 720. The van der Waals surface area contributed by atoms with Gasteiger partial charge in [0.15, 0.2) is 6.10 Å². The van der Waals surface area contributed by atoms with Crippen LogP contribution in [0.4, 0.5) is 0 Å². The van der Waals surface area contributed by atoms with Crippen LogP contribution in [0.2, 0.25) is 0 Å². The molecule has 6 nitrogen and oxygen atoms in total. The highest BCUT2D eigenvalue weighted by atomic mass is 16.5. The molecule has 0 aliphatic carbocycles. The van der Waals surface area contributed by atoms with Gasteiger partial charge in [-0.1, -0.05) is 60.7 Å². The molecule has 0 aliphatic rings. The molecule has 0 aromatic heterocycles. The van der Waals surface area contributed by atoms with Crippen molar-refractivity contribution in [3.8, 4) is 0 Å². The van der Waals surface area contributed by atoms with Crippen molar-refractivity contribution in [2.24, 2.45) is 0 Å². The number of amides is 1. The van der Waals surface area contributed by atoms with Crippen molar-refractivity contribution in [2.45, 2.75) is 19.2 Å². The molecule has 0 spiro atoms. The Morgan fingerprint density at radius 3 is 1.93 bits per heavy atom. The van der Waals surface area contributed by atoms with E-state index in [1.165, 1.54) is 14.2 Å². The minimum absolute atomic E-state index is 0.0599. The summed E-state index contributed by atoms with van der Waals surface area (Å²) in [5.41, 5.74) is 2.01. The van der Waals surface area contributed by atoms with Crippen LogP contribution in [0.15, 0.2) is 73.0 Å². The van der Waals surface area contributed by atoms with Crippen LogP contribution in [0.1, 0.15) is 11.1 Å². The molecular weight excluding hydrogens is 358 g/mol. The second kappa shape index (κ2) is 11.6. The Morgan fingerprint density at radius 2 is 1.46 bits per heavy atom. The van der Waals surface area contributed by atoms with Gasteiger partial charge in [0.2, 0.25) is 0 Å². The molecule has 28 heavy (non-hydrogen) atoms. The number of hydrogen-bond acceptors (Lipinski definition) is 5. The molecule has 0 fully saturated rings. The van der Waals surface area contributed by atoms with Crippen LogP contribution < -0.4 is 0 Å². The Kier molecular flexibility index (Phi) is 8.75. The van der Waals surface area contributed by atoms with E-state index in [0.29, 0.717) is 13.1 Å².